The first-order valence-corrected chi connectivity index (χ1v) is 7.26. The van der Waals surface area contributed by atoms with Gasteiger partial charge in [0.2, 0.25) is 0 Å². The molecule has 0 unspecified atom stereocenters. The Morgan fingerprint density at radius 2 is 2.00 bits per heavy atom. The van der Waals surface area contributed by atoms with E-state index in [2.05, 4.69) is 9.97 Å². The maximum absolute atomic E-state index is 12.2. The van der Waals surface area contributed by atoms with Crippen molar-refractivity contribution in [3.05, 3.63) is 60.7 Å². The molecule has 0 bridgehead atoms. The summed E-state index contributed by atoms with van der Waals surface area (Å²) in [5, 5.41) is 10.6. The van der Waals surface area contributed by atoms with Crippen molar-refractivity contribution in [2.24, 2.45) is 5.92 Å². The fourth-order valence-electron chi connectivity index (χ4n) is 2.62. The summed E-state index contributed by atoms with van der Waals surface area (Å²) in [6.45, 7) is 0.274. The number of benzene rings is 1. The third-order valence-electron chi connectivity index (χ3n) is 3.85. The number of pyridine rings is 1. The minimum atomic E-state index is -0.980. The molecule has 1 N–H and O–H groups in total. The number of methoxy groups -OCH3 is 1. The first-order chi connectivity index (χ1) is 11.2. The van der Waals surface area contributed by atoms with Gasteiger partial charge in [0.15, 0.2) is 0 Å². The van der Waals surface area contributed by atoms with E-state index in [1.807, 2.05) is 28.8 Å². The van der Waals surface area contributed by atoms with Gasteiger partial charge >= 0.3 is 5.97 Å². The Labute approximate surface area is 133 Å². The number of nitrogens with zero attached hydrogens (tertiary/aromatic N) is 3. The Morgan fingerprint density at radius 3 is 2.74 bits per heavy atom. The van der Waals surface area contributed by atoms with Gasteiger partial charge in [0.05, 0.1) is 30.6 Å². The number of rotatable bonds is 5. The van der Waals surface area contributed by atoms with Gasteiger partial charge in [-0.05, 0) is 29.8 Å². The number of hydrogen-bond acceptors (Lipinski definition) is 5. The Balaban J connectivity index is 1.92. The smallest absolute Gasteiger partial charge is 0.313 e. The minimum Gasteiger partial charge on any atom is -0.469 e. The molecule has 118 valence electrons. The highest BCUT2D eigenvalue weighted by Crippen LogP contribution is 2.25. The third-order valence-corrected chi connectivity index (χ3v) is 3.85. The Hall–Kier alpha value is -2.73. The van der Waals surface area contributed by atoms with Gasteiger partial charge in [-0.3, -0.25) is 9.78 Å². The largest absolute Gasteiger partial charge is 0.469 e. The summed E-state index contributed by atoms with van der Waals surface area (Å²) in [7, 11) is 1.32. The molecule has 0 saturated heterocycles. The number of carbonyl (C=O) groups is 1. The molecule has 0 aliphatic carbocycles. The lowest BCUT2D eigenvalue weighted by Gasteiger charge is -2.21. The number of esters is 1. The van der Waals surface area contributed by atoms with Crippen molar-refractivity contribution < 1.29 is 14.6 Å². The molecule has 2 heterocycles. The molecule has 0 aliphatic heterocycles. The molecule has 23 heavy (non-hydrogen) atoms. The van der Waals surface area contributed by atoms with Crippen LogP contribution in [-0.4, -0.2) is 32.7 Å². The van der Waals surface area contributed by atoms with E-state index in [9.17, 15) is 9.90 Å². The quantitative estimate of drug-likeness (QED) is 0.729. The zero-order valence-electron chi connectivity index (χ0n) is 12.7. The van der Waals surface area contributed by atoms with E-state index in [-0.39, 0.29) is 6.54 Å². The molecule has 6 heteroatoms. The number of aromatic nitrogens is 3. The molecule has 0 saturated carbocycles. The normalized spacial score (nSPS) is 13.7. The number of aliphatic hydroxyl groups is 1. The zero-order chi connectivity index (χ0) is 16.2. The summed E-state index contributed by atoms with van der Waals surface area (Å²) in [4.78, 5) is 20.4. The van der Waals surface area contributed by atoms with Crippen LogP contribution in [0.15, 0.2) is 55.1 Å². The highest BCUT2D eigenvalue weighted by molar-refractivity contribution is 5.76. The number of aliphatic hydroxyl groups excluding tert-OH is 1. The summed E-state index contributed by atoms with van der Waals surface area (Å²) in [6, 6.07) is 11.0. The molecule has 3 aromatic rings. The number of hydrogen-bond donors (Lipinski definition) is 1. The molecular formula is C17H17N3O3. The van der Waals surface area contributed by atoms with Crippen LogP contribution in [0.4, 0.5) is 0 Å². The number of ether oxygens (including phenoxy) is 1. The standard InChI is InChI=1S/C17H17N3O3/c1-23-17(22)13(16(21)12-6-8-18-9-7-12)10-20-11-19-14-4-2-3-5-15(14)20/h2-9,11,13,16,21H,10H2,1H3/t13-,16-/m1/s1. The molecule has 2 aromatic heterocycles. The first-order valence-electron chi connectivity index (χ1n) is 7.26. The average Bonchev–Trinajstić information content (AvgIpc) is 3.02. The highest BCUT2D eigenvalue weighted by atomic mass is 16.5. The lowest BCUT2D eigenvalue weighted by molar-refractivity contribution is -0.150. The van der Waals surface area contributed by atoms with Crippen LogP contribution in [-0.2, 0) is 16.1 Å². The van der Waals surface area contributed by atoms with E-state index in [4.69, 9.17) is 4.74 Å². The second-order valence-electron chi connectivity index (χ2n) is 5.24. The SMILES string of the molecule is COC(=O)[C@H](Cn1cnc2ccccc21)[C@H](O)c1ccncc1. The van der Waals surface area contributed by atoms with Crippen LogP contribution in [0, 0.1) is 5.92 Å². The molecule has 0 fully saturated rings. The van der Waals surface area contributed by atoms with E-state index in [1.54, 1.807) is 30.9 Å². The molecule has 3 rings (SSSR count). The molecule has 2 atom stereocenters. The minimum absolute atomic E-state index is 0.274. The topological polar surface area (TPSA) is 77.2 Å². The third kappa shape index (κ3) is 3.07. The molecule has 0 aliphatic rings. The van der Waals surface area contributed by atoms with Gasteiger partial charge in [0, 0.05) is 18.9 Å². The summed E-state index contributed by atoms with van der Waals surface area (Å²) < 4.78 is 6.72. The van der Waals surface area contributed by atoms with E-state index in [0.29, 0.717) is 5.56 Å². The molecule has 0 spiro atoms. The van der Waals surface area contributed by atoms with Crippen LogP contribution in [0.25, 0.3) is 11.0 Å². The fourth-order valence-corrected chi connectivity index (χ4v) is 2.62. The van der Waals surface area contributed by atoms with Gasteiger partial charge in [-0.25, -0.2) is 4.98 Å². The van der Waals surface area contributed by atoms with Gasteiger partial charge in [-0.2, -0.15) is 0 Å². The summed E-state index contributed by atoms with van der Waals surface area (Å²) in [5.74, 6) is -1.20. The number of imidazole rings is 1. The van der Waals surface area contributed by atoms with Crippen LogP contribution < -0.4 is 0 Å². The van der Waals surface area contributed by atoms with Crippen molar-refractivity contribution in [3.8, 4) is 0 Å². The first kappa shape index (κ1) is 15.2. The monoisotopic (exact) mass is 311 g/mol. The molecule has 0 amide bonds. The van der Waals surface area contributed by atoms with Crippen LogP contribution in [0.2, 0.25) is 0 Å². The van der Waals surface area contributed by atoms with Gasteiger partial charge < -0.3 is 14.4 Å². The van der Waals surface area contributed by atoms with Crippen molar-refractivity contribution >= 4 is 17.0 Å². The van der Waals surface area contributed by atoms with E-state index in [0.717, 1.165) is 11.0 Å². The summed E-state index contributed by atoms with van der Waals surface area (Å²) in [6.07, 6.45) is 3.85. The maximum Gasteiger partial charge on any atom is 0.313 e. The molecule has 0 radical (unpaired) electrons. The second kappa shape index (κ2) is 6.58. The zero-order valence-corrected chi connectivity index (χ0v) is 12.7. The summed E-state index contributed by atoms with van der Waals surface area (Å²) in [5.41, 5.74) is 2.37. The average molecular weight is 311 g/mol. The predicted molar refractivity (Wildman–Crippen MR) is 84.4 cm³/mol. The second-order valence-corrected chi connectivity index (χ2v) is 5.24. The number of carbonyl (C=O) groups excluding carboxylic acids is 1. The van der Waals surface area contributed by atoms with Gasteiger partial charge in [-0.1, -0.05) is 12.1 Å². The summed E-state index contributed by atoms with van der Waals surface area (Å²) >= 11 is 0. The van der Waals surface area contributed by atoms with E-state index in [1.165, 1.54) is 7.11 Å². The van der Waals surface area contributed by atoms with E-state index >= 15 is 0 Å². The van der Waals surface area contributed by atoms with Gasteiger partial charge in [-0.15, -0.1) is 0 Å². The molecular weight excluding hydrogens is 294 g/mol. The lowest BCUT2D eigenvalue weighted by atomic mass is 9.96. The van der Waals surface area contributed by atoms with Crippen molar-refractivity contribution in [2.45, 2.75) is 12.6 Å². The van der Waals surface area contributed by atoms with Crippen LogP contribution in [0.3, 0.4) is 0 Å². The van der Waals surface area contributed by atoms with Gasteiger partial charge in [0.25, 0.3) is 0 Å². The molecule has 1 aromatic carbocycles. The lowest BCUT2D eigenvalue weighted by Crippen LogP contribution is -2.28. The fraction of sp³-hybridized carbons (Fsp3) is 0.235. The van der Waals surface area contributed by atoms with E-state index < -0.39 is 18.0 Å². The van der Waals surface area contributed by atoms with Gasteiger partial charge in [0.1, 0.15) is 5.92 Å². The predicted octanol–water partition coefficient (Wildman–Crippen LogP) is 1.95. The number of para-hydroxylation sites is 2. The Kier molecular flexibility index (Phi) is 4.34. The van der Waals surface area contributed by atoms with Crippen molar-refractivity contribution in [1.29, 1.82) is 0 Å². The molecule has 6 nitrogen and oxygen atoms in total. The van der Waals surface area contributed by atoms with Crippen molar-refractivity contribution in [3.63, 3.8) is 0 Å². The number of fused-ring (bicyclic) bond motifs is 1. The van der Waals surface area contributed by atoms with Crippen LogP contribution >= 0.6 is 0 Å². The Morgan fingerprint density at radius 1 is 1.26 bits per heavy atom. The highest BCUT2D eigenvalue weighted by Gasteiger charge is 2.29. The van der Waals surface area contributed by atoms with Crippen LogP contribution in [0.1, 0.15) is 11.7 Å². The maximum atomic E-state index is 12.2. The van der Waals surface area contributed by atoms with Crippen molar-refractivity contribution in [2.75, 3.05) is 7.11 Å². The van der Waals surface area contributed by atoms with Crippen LogP contribution in [0.5, 0.6) is 0 Å². The Bertz CT molecular complexity index is 801. The van der Waals surface area contributed by atoms with Crippen molar-refractivity contribution in [1.82, 2.24) is 14.5 Å².